The number of rotatable bonds is 4. The number of benzene rings is 1. The number of nitrogens with zero attached hydrogens (tertiary/aromatic N) is 3. The summed E-state index contributed by atoms with van der Waals surface area (Å²) in [6.45, 7) is 3.45. The highest BCUT2D eigenvalue weighted by molar-refractivity contribution is 7.99. The predicted octanol–water partition coefficient (Wildman–Crippen LogP) is 4.30. The minimum atomic E-state index is 0. The molecule has 152 valence electrons. The van der Waals surface area contributed by atoms with E-state index in [1.54, 1.807) is 13.3 Å². The monoisotopic (exact) mass is 430 g/mol. The summed E-state index contributed by atoms with van der Waals surface area (Å²) < 4.78 is 5.23. The molecular formula is C21H23ClN4O2S. The Labute approximate surface area is 180 Å². The molecule has 1 amide bonds. The van der Waals surface area contributed by atoms with E-state index in [2.05, 4.69) is 15.3 Å². The first-order valence-electron chi connectivity index (χ1n) is 9.20. The van der Waals surface area contributed by atoms with Gasteiger partial charge in [0, 0.05) is 47.6 Å². The van der Waals surface area contributed by atoms with Gasteiger partial charge in [-0.3, -0.25) is 4.79 Å². The van der Waals surface area contributed by atoms with Crippen LogP contribution in [-0.2, 0) is 0 Å². The zero-order valence-corrected chi connectivity index (χ0v) is 18.0. The van der Waals surface area contributed by atoms with Crippen molar-refractivity contribution < 1.29 is 9.53 Å². The van der Waals surface area contributed by atoms with Gasteiger partial charge in [0.25, 0.3) is 5.91 Å². The Hall–Kier alpha value is -2.51. The molecule has 6 nitrogen and oxygen atoms in total. The topological polar surface area (TPSA) is 67.3 Å². The smallest absolute Gasteiger partial charge is 0.257 e. The summed E-state index contributed by atoms with van der Waals surface area (Å²) >= 11 is 1.88. The number of hydrogen-bond acceptors (Lipinski definition) is 6. The minimum absolute atomic E-state index is 0. The molecule has 8 heteroatoms. The first kappa shape index (κ1) is 21.2. The molecule has 0 aliphatic carbocycles. The molecule has 29 heavy (non-hydrogen) atoms. The molecule has 0 bridgehead atoms. The van der Waals surface area contributed by atoms with Gasteiger partial charge in [-0.05, 0) is 43.3 Å². The van der Waals surface area contributed by atoms with Crippen LogP contribution in [-0.4, -0.2) is 52.5 Å². The molecule has 3 heterocycles. The van der Waals surface area contributed by atoms with E-state index in [1.807, 2.05) is 60.0 Å². The number of ether oxygens (including phenoxy) is 1. The third kappa shape index (κ3) is 4.57. The standard InChI is InChI=1S/C21H22N4O2S.ClH/c1-14-3-8-17-19(24-15-4-6-16(27-2)7-5-15)18(13-22-20(17)23-14)21(26)25-9-11-28-12-10-25;/h3-8,13H,9-12H2,1-2H3,(H,22,23,24);1H. The molecule has 2 aromatic heterocycles. The fourth-order valence-electron chi connectivity index (χ4n) is 3.22. The van der Waals surface area contributed by atoms with Crippen molar-refractivity contribution in [2.45, 2.75) is 6.92 Å². The van der Waals surface area contributed by atoms with E-state index < -0.39 is 0 Å². The molecule has 0 spiro atoms. The number of carbonyl (C=O) groups excluding carboxylic acids is 1. The summed E-state index contributed by atoms with van der Waals surface area (Å²) in [6.07, 6.45) is 1.64. The maximum absolute atomic E-state index is 13.2. The van der Waals surface area contributed by atoms with Gasteiger partial charge < -0.3 is 15.0 Å². The minimum Gasteiger partial charge on any atom is -0.497 e. The molecule has 1 aromatic carbocycles. The van der Waals surface area contributed by atoms with E-state index in [4.69, 9.17) is 4.74 Å². The highest BCUT2D eigenvalue weighted by atomic mass is 35.5. The van der Waals surface area contributed by atoms with E-state index in [1.165, 1.54) is 0 Å². The number of carbonyl (C=O) groups is 1. The first-order valence-corrected chi connectivity index (χ1v) is 10.4. The molecule has 1 N–H and O–H groups in total. The van der Waals surface area contributed by atoms with Gasteiger partial charge in [0.05, 0.1) is 18.4 Å². The molecular weight excluding hydrogens is 408 g/mol. The van der Waals surface area contributed by atoms with Crippen LogP contribution in [0.25, 0.3) is 11.0 Å². The summed E-state index contributed by atoms with van der Waals surface area (Å²) in [5.74, 6) is 2.72. The zero-order chi connectivity index (χ0) is 19.5. The van der Waals surface area contributed by atoms with Crippen LogP contribution in [0, 0.1) is 6.92 Å². The van der Waals surface area contributed by atoms with Crippen molar-refractivity contribution in [1.82, 2.24) is 14.9 Å². The van der Waals surface area contributed by atoms with E-state index >= 15 is 0 Å². The Bertz CT molecular complexity index is 1010. The van der Waals surface area contributed by atoms with Gasteiger partial charge in [-0.15, -0.1) is 12.4 Å². The fraction of sp³-hybridized carbons (Fsp3) is 0.286. The van der Waals surface area contributed by atoms with Crippen LogP contribution in [0.2, 0.25) is 0 Å². The summed E-state index contributed by atoms with van der Waals surface area (Å²) in [5.41, 5.74) is 3.70. The lowest BCUT2D eigenvalue weighted by Gasteiger charge is -2.27. The third-order valence-electron chi connectivity index (χ3n) is 4.76. The van der Waals surface area contributed by atoms with Crippen molar-refractivity contribution in [3.05, 3.63) is 53.9 Å². The second-order valence-electron chi connectivity index (χ2n) is 6.63. The Morgan fingerprint density at radius 1 is 1.14 bits per heavy atom. The lowest BCUT2D eigenvalue weighted by atomic mass is 10.1. The average molecular weight is 431 g/mol. The highest BCUT2D eigenvalue weighted by Crippen LogP contribution is 2.30. The number of halogens is 1. The lowest BCUT2D eigenvalue weighted by Crippen LogP contribution is -2.38. The van der Waals surface area contributed by atoms with Gasteiger partial charge in [-0.2, -0.15) is 11.8 Å². The Balaban J connectivity index is 0.00000240. The van der Waals surface area contributed by atoms with Crippen LogP contribution in [0.5, 0.6) is 5.75 Å². The van der Waals surface area contributed by atoms with Gasteiger partial charge in [0.15, 0.2) is 5.65 Å². The molecule has 0 atom stereocenters. The number of aromatic nitrogens is 2. The van der Waals surface area contributed by atoms with Crippen molar-refractivity contribution in [2.75, 3.05) is 37.0 Å². The molecule has 3 aromatic rings. The molecule has 1 fully saturated rings. The van der Waals surface area contributed by atoms with Gasteiger partial charge in [0.2, 0.25) is 0 Å². The van der Waals surface area contributed by atoms with E-state index in [9.17, 15) is 4.79 Å². The van der Waals surface area contributed by atoms with Crippen LogP contribution >= 0.6 is 24.2 Å². The van der Waals surface area contributed by atoms with Crippen LogP contribution in [0.3, 0.4) is 0 Å². The number of nitrogens with one attached hydrogen (secondary N) is 1. The third-order valence-corrected chi connectivity index (χ3v) is 5.70. The SMILES string of the molecule is COc1ccc(Nc2c(C(=O)N3CCSCC3)cnc3nc(C)ccc23)cc1.Cl. The summed E-state index contributed by atoms with van der Waals surface area (Å²) in [5, 5.41) is 4.25. The number of anilines is 2. The lowest BCUT2D eigenvalue weighted by molar-refractivity contribution is 0.0773. The molecule has 4 rings (SSSR count). The van der Waals surface area contributed by atoms with Crippen molar-refractivity contribution in [3.8, 4) is 5.75 Å². The normalized spacial score (nSPS) is 13.7. The number of amides is 1. The molecule has 1 aliphatic heterocycles. The van der Waals surface area contributed by atoms with Crippen molar-refractivity contribution in [2.24, 2.45) is 0 Å². The number of hydrogen-bond donors (Lipinski definition) is 1. The quantitative estimate of drug-likeness (QED) is 0.665. The Morgan fingerprint density at radius 2 is 1.86 bits per heavy atom. The molecule has 0 saturated carbocycles. The fourth-order valence-corrected chi connectivity index (χ4v) is 4.13. The second-order valence-corrected chi connectivity index (χ2v) is 7.85. The van der Waals surface area contributed by atoms with E-state index in [0.29, 0.717) is 11.2 Å². The molecule has 0 radical (unpaired) electrons. The van der Waals surface area contributed by atoms with Crippen molar-refractivity contribution in [1.29, 1.82) is 0 Å². The van der Waals surface area contributed by atoms with Crippen LogP contribution in [0.4, 0.5) is 11.4 Å². The molecule has 1 aliphatic rings. The van der Waals surface area contributed by atoms with Crippen LogP contribution in [0.1, 0.15) is 16.1 Å². The van der Waals surface area contributed by atoms with Crippen molar-refractivity contribution in [3.63, 3.8) is 0 Å². The molecule has 0 unspecified atom stereocenters. The highest BCUT2D eigenvalue weighted by Gasteiger charge is 2.23. The Kier molecular flexibility index (Phi) is 6.82. The number of pyridine rings is 2. The largest absolute Gasteiger partial charge is 0.497 e. The molecule has 1 saturated heterocycles. The zero-order valence-electron chi connectivity index (χ0n) is 16.3. The first-order chi connectivity index (χ1) is 13.7. The van der Waals surface area contributed by atoms with Gasteiger partial charge in [0.1, 0.15) is 5.75 Å². The van der Waals surface area contributed by atoms with E-state index in [0.717, 1.165) is 52.8 Å². The maximum Gasteiger partial charge on any atom is 0.257 e. The maximum atomic E-state index is 13.2. The number of aryl methyl sites for hydroxylation is 1. The number of methoxy groups -OCH3 is 1. The van der Waals surface area contributed by atoms with Crippen molar-refractivity contribution >= 4 is 52.5 Å². The van der Waals surface area contributed by atoms with Crippen LogP contribution < -0.4 is 10.1 Å². The van der Waals surface area contributed by atoms with Gasteiger partial charge in [-0.25, -0.2) is 9.97 Å². The van der Waals surface area contributed by atoms with Crippen LogP contribution in [0.15, 0.2) is 42.6 Å². The Morgan fingerprint density at radius 3 is 2.55 bits per heavy atom. The summed E-state index contributed by atoms with van der Waals surface area (Å²) in [4.78, 5) is 24.1. The average Bonchev–Trinajstić information content (AvgIpc) is 2.74. The number of fused-ring (bicyclic) bond motifs is 1. The summed E-state index contributed by atoms with van der Waals surface area (Å²) in [6, 6.07) is 11.5. The van der Waals surface area contributed by atoms with E-state index in [-0.39, 0.29) is 18.3 Å². The van der Waals surface area contributed by atoms with Gasteiger partial charge >= 0.3 is 0 Å². The second kappa shape index (κ2) is 9.33. The summed E-state index contributed by atoms with van der Waals surface area (Å²) in [7, 11) is 1.64. The predicted molar refractivity (Wildman–Crippen MR) is 121 cm³/mol. The van der Waals surface area contributed by atoms with Gasteiger partial charge in [-0.1, -0.05) is 0 Å². The number of thioether (sulfide) groups is 1.